The van der Waals surface area contributed by atoms with Gasteiger partial charge in [0.25, 0.3) is 0 Å². The van der Waals surface area contributed by atoms with E-state index in [0.29, 0.717) is 27.6 Å². The zero-order chi connectivity index (χ0) is 19.4. The Morgan fingerprint density at radius 2 is 1.81 bits per heavy atom. The van der Waals surface area contributed by atoms with Gasteiger partial charge in [0.2, 0.25) is 5.78 Å². The average Bonchev–Trinajstić information content (AvgIpc) is 2.88. The van der Waals surface area contributed by atoms with Crippen LogP contribution in [0.2, 0.25) is 5.02 Å². The fourth-order valence-electron chi connectivity index (χ4n) is 2.67. The van der Waals surface area contributed by atoms with E-state index in [2.05, 4.69) is 4.98 Å². The van der Waals surface area contributed by atoms with Gasteiger partial charge in [-0.3, -0.25) is 9.59 Å². The number of hydrogen-bond acceptors (Lipinski definition) is 5. The molecule has 0 bridgehead atoms. The third-order valence-electron chi connectivity index (χ3n) is 3.92. The first-order valence-corrected chi connectivity index (χ1v) is 8.36. The molecule has 0 saturated carbocycles. The number of H-pyrrole nitrogens is 1. The molecule has 0 unspecified atom stereocenters. The Bertz CT molecular complexity index is 869. The quantitative estimate of drug-likeness (QED) is 0.588. The van der Waals surface area contributed by atoms with E-state index < -0.39 is 18.4 Å². The van der Waals surface area contributed by atoms with E-state index in [1.54, 1.807) is 32.0 Å². The van der Waals surface area contributed by atoms with Crippen LogP contribution in [0.1, 0.15) is 44.6 Å². The molecule has 0 aliphatic carbocycles. The Kier molecular flexibility index (Phi) is 6.21. The summed E-state index contributed by atoms with van der Waals surface area (Å²) in [7, 11) is 0. The topological polar surface area (TPSA) is 85.5 Å². The van der Waals surface area contributed by atoms with E-state index in [4.69, 9.17) is 21.1 Å². The van der Waals surface area contributed by atoms with Crippen LogP contribution in [0, 0.1) is 20.8 Å². The molecule has 0 aliphatic rings. The molecule has 1 heterocycles. The zero-order valence-electron chi connectivity index (χ0n) is 15.1. The van der Waals surface area contributed by atoms with Crippen molar-refractivity contribution in [1.82, 2.24) is 4.98 Å². The molecular formula is C19H20ClNO5. The number of ether oxygens (including phenoxy) is 2. The maximum atomic E-state index is 12.2. The van der Waals surface area contributed by atoms with Crippen LogP contribution in [-0.2, 0) is 9.53 Å². The number of esters is 1. The first-order valence-electron chi connectivity index (χ1n) is 7.98. The summed E-state index contributed by atoms with van der Waals surface area (Å²) in [6, 6.07) is 5.02. The van der Waals surface area contributed by atoms with Crippen LogP contribution >= 0.6 is 11.6 Å². The van der Waals surface area contributed by atoms with Gasteiger partial charge in [0.15, 0.2) is 19.0 Å². The van der Waals surface area contributed by atoms with Crippen molar-refractivity contribution in [2.45, 2.75) is 27.7 Å². The minimum Gasteiger partial charge on any atom is -0.482 e. The molecule has 0 radical (unpaired) electrons. The summed E-state index contributed by atoms with van der Waals surface area (Å²) in [5.74, 6) is -0.719. The number of Topliss-reactive ketones (excluding diaryl/α,β-unsaturated/α-hetero) is 2. The molecule has 0 atom stereocenters. The molecule has 0 spiro atoms. The molecule has 2 rings (SSSR count). The summed E-state index contributed by atoms with van der Waals surface area (Å²) in [5.41, 5.74) is 2.76. The zero-order valence-corrected chi connectivity index (χ0v) is 15.8. The Hall–Kier alpha value is -2.60. The second kappa shape index (κ2) is 8.19. The fourth-order valence-corrected chi connectivity index (χ4v) is 2.78. The van der Waals surface area contributed by atoms with Crippen molar-refractivity contribution in [1.29, 1.82) is 0 Å². The summed E-state index contributed by atoms with van der Waals surface area (Å²) in [6.07, 6.45) is 0. The van der Waals surface area contributed by atoms with Gasteiger partial charge in [-0.05, 0) is 57.0 Å². The van der Waals surface area contributed by atoms with E-state index in [9.17, 15) is 14.4 Å². The van der Waals surface area contributed by atoms with Crippen LogP contribution in [0.4, 0.5) is 0 Å². The first-order chi connectivity index (χ1) is 12.2. The number of aromatic nitrogens is 1. The minimum atomic E-state index is -0.668. The maximum absolute atomic E-state index is 12.2. The number of carbonyl (C=O) groups excluding carboxylic acids is 3. The van der Waals surface area contributed by atoms with Gasteiger partial charge in [-0.1, -0.05) is 11.6 Å². The second-order valence-electron chi connectivity index (χ2n) is 5.96. The first kappa shape index (κ1) is 19.7. The lowest BCUT2D eigenvalue weighted by molar-refractivity contribution is -0.144. The number of ketones is 2. The number of rotatable bonds is 7. The molecule has 0 fully saturated rings. The van der Waals surface area contributed by atoms with E-state index in [1.165, 1.54) is 6.92 Å². The van der Waals surface area contributed by atoms with Gasteiger partial charge in [0, 0.05) is 16.3 Å². The molecule has 0 saturated heterocycles. The number of aryl methyl sites for hydroxylation is 2. The molecule has 7 heteroatoms. The van der Waals surface area contributed by atoms with Crippen LogP contribution < -0.4 is 4.74 Å². The van der Waals surface area contributed by atoms with Gasteiger partial charge >= 0.3 is 5.97 Å². The third-order valence-corrected chi connectivity index (χ3v) is 4.34. The number of carbonyl (C=O) groups is 3. The van der Waals surface area contributed by atoms with Crippen LogP contribution in [0.15, 0.2) is 18.2 Å². The maximum Gasteiger partial charge on any atom is 0.344 e. The summed E-state index contributed by atoms with van der Waals surface area (Å²) in [4.78, 5) is 38.5. The molecule has 1 aromatic carbocycles. The molecule has 26 heavy (non-hydrogen) atoms. The molecule has 0 aliphatic heterocycles. The summed E-state index contributed by atoms with van der Waals surface area (Å²) in [5, 5.41) is 0.604. The number of benzene rings is 1. The second-order valence-corrected chi connectivity index (χ2v) is 6.37. The highest BCUT2D eigenvalue weighted by molar-refractivity contribution is 6.31. The Labute approximate surface area is 156 Å². The van der Waals surface area contributed by atoms with Crippen LogP contribution in [-0.4, -0.2) is 35.7 Å². The van der Waals surface area contributed by atoms with Crippen molar-refractivity contribution in [2.75, 3.05) is 13.2 Å². The normalized spacial score (nSPS) is 10.5. The average molecular weight is 378 g/mol. The Balaban J connectivity index is 1.91. The Morgan fingerprint density at radius 1 is 1.12 bits per heavy atom. The van der Waals surface area contributed by atoms with Crippen molar-refractivity contribution >= 4 is 29.1 Å². The molecule has 138 valence electrons. The number of aromatic amines is 1. The van der Waals surface area contributed by atoms with Gasteiger partial charge in [-0.15, -0.1) is 0 Å². The molecule has 1 N–H and O–H groups in total. The third kappa shape index (κ3) is 4.52. The largest absolute Gasteiger partial charge is 0.482 e. The summed E-state index contributed by atoms with van der Waals surface area (Å²) >= 11 is 5.92. The van der Waals surface area contributed by atoms with Crippen LogP contribution in [0.25, 0.3) is 0 Å². The lowest BCUT2D eigenvalue weighted by atomic mass is 10.1. The van der Waals surface area contributed by atoms with E-state index >= 15 is 0 Å². The van der Waals surface area contributed by atoms with Crippen LogP contribution in [0.3, 0.4) is 0 Å². The molecular weight excluding hydrogens is 358 g/mol. The highest BCUT2D eigenvalue weighted by Gasteiger charge is 2.20. The predicted molar refractivity (Wildman–Crippen MR) is 97.2 cm³/mol. The Morgan fingerprint density at radius 3 is 2.38 bits per heavy atom. The molecule has 6 nitrogen and oxygen atoms in total. The van der Waals surface area contributed by atoms with Gasteiger partial charge in [0.05, 0.1) is 5.69 Å². The van der Waals surface area contributed by atoms with E-state index in [1.807, 2.05) is 6.92 Å². The monoisotopic (exact) mass is 377 g/mol. The lowest BCUT2D eigenvalue weighted by Gasteiger charge is -2.08. The van der Waals surface area contributed by atoms with Gasteiger partial charge in [0.1, 0.15) is 5.75 Å². The van der Waals surface area contributed by atoms with Crippen molar-refractivity contribution in [2.24, 2.45) is 0 Å². The number of hydrogen-bond donors (Lipinski definition) is 1. The smallest absolute Gasteiger partial charge is 0.344 e. The van der Waals surface area contributed by atoms with Gasteiger partial charge in [-0.25, -0.2) is 4.79 Å². The SMILES string of the molecule is CC(=O)c1c(C)[nH]c(C(=O)COC(=O)COc2ccc(Cl)c(C)c2)c1C. The van der Waals surface area contributed by atoms with Gasteiger partial charge < -0.3 is 14.5 Å². The van der Waals surface area contributed by atoms with Crippen molar-refractivity contribution in [3.05, 3.63) is 51.3 Å². The molecule has 1 aromatic heterocycles. The molecule has 2 aromatic rings. The number of nitrogens with one attached hydrogen (secondary N) is 1. The highest BCUT2D eigenvalue weighted by Crippen LogP contribution is 2.21. The van der Waals surface area contributed by atoms with E-state index in [-0.39, 0.29) is 18.1 Å². The van der Waals surface area contributed by atoms with Crippen molar-refractivity contribution in [3.8, 4) is 5.75 Å². The summed E-state index contributed by atoms with van der Waals surface area (Å²) in [6.45, 7) is 5.90. The standard InChI is InChI=1S/C19H20ClNO5/c1-10-7-14(5-6-15(10)20)25-9-17(24)26-8-16(23)19-11(2)18(13(4)22)12(3)21-19/h5-7,21H,8-9H2,1-4H3. The lowest BCUT2D eigenvalue weighted by Crippen LogP contribution is -2.20. The fraction of sp³-hybridized carbons (Fsp3) is 0.316. The highest BCUT2D eigenvalue weighted by atomic mass is 35.5. The van der Waals surface area contributed by atoms with Crippen molar-refractivity contribution < 1.29 is 23.9 Å². The van der Waals surface area contributed by atoms with Gasteiger partial charge in [-0.2, -0.15) is 0 Å². The van der Waals surface area contributed by atoms with Crippen LogP contribution in [0.5, 0.6) is 5.75 Å². The molecule has 0 amide bonds. The van der Waals surface area contributed by atoms with E-state index in [0.717, 1.165) is 5.56 Å². The predicted octanol–water partition coefficient (Wildman–Crippen LogP) is 3.60. The minimum absolute atomic E-state index is 0.126. The van der Waals surface area contributed by atoms with Crippen molar-refractivity contribution in [3.63, 3.8) is 0 Å². The number of halogens is 1. The summed E-state index contributed by atoms with van der Waals surface area (Å²) < 4.78 is 10.3.